The second kappa shape index (κ2) is 8.60. The highest BCUT2D eigenvalue weighted by Gasteiger charge is 2.14. The van der Waals surface area contributed by atoms with Gasteiger partial charge in [0.1, 0.15) is 35.1 Å². The number of aliphatic hydroxyl groups excluding tert-OH is 1. The average molecular weight is 423 g/mol. The molecule has 4 aromatic rings. The molecule has 0 fully saturated rings. The Kier molecular flexibility index (Phi) is 5.73. The van der Waals surface area contributed by atoms with Gasteiger partial charge in [0.15, 0.2) is 5.13 Å². The van der Waals surface area contributed by atoms with Crippen molar-refractivity contribution in [2.45, 2.75) is 20.5 Å². The van der Waals surface area contributed by atoms with Crippen LogP contribution in [0.15, 0.2) is 40.6 Å². The standard InChI is InChI=1S/C21H21N5O3S/c1-12-3-4-14(9-13(12)2)29-10-17-25-18-15(20(28)26-17)5-6-22-19(18)16-11-30-21(24-16)23-7-8-27/h3-6,9,11,27H,7-8,10H2,1-2H3,(H,23,24)(H,25,26,28). The number of hydrogen-bond donors (Lipinski definition) is 3. The lowest BCUT2D eigenvalue weighted by atomic mass is 10.1. The molecule has 0 unspecified atom stereocenters. The van der Waals surface area contributed by atoms with E-state index in [2.05, 4.69) is 25.3 Å². The number of nitrogens with zero attached hydrogens (tertiary/aromatic N) is 3. The summed E-state index contributed by atoms with van der Waals surface area (Å²) in [5, 5.41) is 14.9. The van der Waals surface area contributed by atoms with Crippen LogP contribution in [-0.4, -0.2) is 38.2 Å². The highest BCUT2D eigenvalue weighted by atomic mass is 32.1. The first-order valence-corrected chi connectivity index (χ1v) is 10.3. The number of anilines is 1. The second-order valence-electron chi connectivity index (χ2n) is 6.79. The molecule has 0 bridgehead atoms. The minimum absolute atomic E-state index is 0.0161. The van der Waals surface area contributed by atoms with Crippen LogP contribution < -0.4 is 15.6 Å². The van der Waals surface area contributed by atoms with E-state index in [0.29, 0.717) is 45.5 Å². The number of pyridine rings is 1. The van der Waals surface area contributed by atoms with Crippen molar-refractivity contribution >= 4 is 27.4 Å². The first-order valence-electron chi connectivity index (χ1n) is 9.44. The van der Waals surface area contributed by atoms with Crippen LogP contribution in [-0.2, 0) is 6.61 Å². The predicted molar refractivity (Wildman–Crippen MR) is 117 cm³/mol. The number of thiazole rings is 1. The molecule has 3 heterocycles. The smallest absolute Gasteiger partial charge is 0.258 e. The molecule has 0 saturated carbocycles. The molecule has 3 N–H and O–H groups in total. The van der Waals surface area contributed by atoms with Gasteiger partial charge in [0.25, 0.3) is 5.56 Å². The van der Waals surface area contributed by atoms with Gasteiger partial charge in [-0.2, -0.15) is 0 Å². The molecule has 9 heteroatoms. The number of nitrogens with one attached hydrogen (secondary N) is 2. The normalized spacial score (nSPS) is 11.0. The number of aromatic amines is 1. The van der Waals surface area contributed by atoms with E-state index >= 15 is 0 Å². The van der Waals surface area contributed by atoms with E-state index in [9.17, 15) is 4.79 Å². The van der Waals surface area contributed by atoms with Gasteiger partial charge in [-0.05, 0) is 43.2 Å². The molecule has 0 amide bonds. The number of aryl methyl sites for hydroxylation is 2. The number of aliphatic hydroxyl groups is 1. The Bertz CT molecular complexity index is 1250. The minimum Gasteiger partial charge on any atom is -0.486 e. The lowest BCUT2D eigenvalue weighted by molar-refractivity contribution is 0.296. The number of rotatable bonds is 7. The second-order valence-corrected chi connectivity index (χ2v) is 7.65. The fourth-order valence-corrected chi connectivity index (χ4v) is 3.67. The maximum absolute atomic E-state index is 12.6. The molecule has 8 nitrogen and oxygen atoms in total. The van der Waals surface area contributed by atoms with E-state index in [1.165, 1.54) is 16.9 Å². The molecule has 30 heavy (non-hydrogen) atoms. The lowest BCUT2D eigenvalue weighted by Crippen LogP contribution is -2.14. The van der Waals surface area contributed by atoms with Crippen LogP contribution in [0.5, 0.6) is 5.75 Å². The summed E-state index contributed by atoms with van der Waals surface area (Å²) in [7, 11) is 0. The van der Waals surface area contributed by atoms with Crippen LogP contribution in [0.3, 0.4) is 0 Å². The summed E-state index contributed by atoms with van der Waals surface area (Å²) in [6.07, 6.45) is 1.57. The topological polar surface area (TPSA) is 113 Å². The van der Waals surface area contributed by atoms with Crippen molar-refractivity contribution in [1.29, 1.82) is 0 Å². The number of ether oxygens (including phenoxy) is 1. The lowest BCUT2D eigenvalue weighted by Gasteiger charge is -2.09. The quantitative estimate of drug-likeness (QED) is 0.419. The molecule has 4 rings (SSSR count). The molecular weight excluding hydrogens is 402 g/mol. The maximum Gasteiger partial charge on any atom is 0.258 e. The fourth-order valence-electron chi connectivity index (χ4n) is 2.95. The first kappa shape index (κ1) is 20.0. The summed E-state index contributed by atoms with van der Waals surface area (Å²) in [5.41, 5.74) is 3.68. The number of H-pyrrole nitrogens is 1. The molecule has 0 aliphatic heterocycles. The minimum atomic E-state index is -0.254. The fraction of sp³-hybridized carbons (Fsp3) is 0.238. The van der Waals surface area contributed by atoms with Gasteiger partial charge in [-0.25, -0.2) is 9.97 Å². The van der Waals surface area contributed by atoms with E-state index in [1.54, 1.807) is 12.3 Å². The molecule has 0 aliphatic rings. The van der Waals surface area contributed by atoms with Crippen LogP contribution >= 0.6 is 11.3 Å². The maximum atomic E-state index is 12.6. The zero-order chi connectivity index (χ0) is 21.1. The van der Waals surface area contributed by atoms with Gasteiger partial charge < -0.3 is 20.1 Å². The molecule has 154 valence electrons. The summed E-state index contributed by atoms with van der Waals surface area (Å²) in [6, 6.07) is 7.48. The Balaban J connectivity index is 1.66. The zero-order valence-electron chi connectivity index (χ0n) is 16.6. The molecular formula is C21H21N5O3S. The largest absolute Gasteiger partial charge is 0.486 e. The first-order chi connectivity index (χ1) is 14.5. The highest BCUT2D eigenvalue weighted by Crippen LogP contribution is 2.27. The Morgan fingerprint density at radius 3 is 2.87 bits per heavy atom. The Morgan fingerprint density at radius 2 is 2.07 bits per heavy atom. The third-order valence-corrected chi connectivity index (χ3v) is 5.46. The Morgan fingerprint density at radius 1 is 1.20 bits per heavy atom. The molecule has 0 aliphatic carbocycles. The number of hydrogen-bond acceptors (Lipinski definition) is 8. The van der Waals surface area contributed by atoms with E-state index in [0.717, 1.165) is 5.56 Å². The molecule has 1 aromatic carbocycles. The Hall–Kier alpha value is -3.30. The van der Waals surface area contributed by atoms with Crippen molar-refractivity contribution in [3.8, 4) is 17.1 Å². The van der Waals surface area contributed by atoms with Gasteiger partial charge in [-0.3, -0.25) is 9.78 Å². The summed E-state index contributed by atoms with van der Waals surface area (Å²) in [6.45, 7) is 4.62. The van der Waals surface area contributed by atoms with Crippen molar-refractivity contribution in [3.05, 3.63) is 63.1 Å². The van der Waals surface area contributed by atoms with Crippen LogP contribution in [0.2, 0.25) is 0 Å². The van der Waals surface area contributed by atoms with Crippen LogP contribution in [0, 0.1) is 13.8 Å². The Labute approximate surface area is 176 Å². The van der Waals surface area contributed by atoms with Crippen molar-refractivity contribution in [2.75, 3.05) is 18.5 Å². The van der Waals surface area contributed by atoms with Gasteiger partial charge in [0.2, 0.25) is 0 Å². The van der Waals surface area contributed by atoms with Crippen molar-refractivity contribution in [1.82, 2.24) is 19.9 Å². The summed E-state index contributed by atoms with van der Waals surface area (Å²) in [5.74, 6) is 1.13. The van der Waals surface area contributed by atoms with Gasteiger partial charge in [-0.1, -0.05) is 6.07 Å². The van der Waals surface area contributed by atoms with Crippen LogP contribution in [0.4, 0.5) is 5.13 Å². The monoisotopic (exact) mass is 423 g/mol. The van der Waals surface area contributed by atoms with E-state index in [-0.39, 0.29) is 18.8 Å². The van der Waals surface area contributed by atoms with E-state index < -0.39 is 0 Å². The van der Waals surface area contributed by atoms with Crippen LogP contribution in [0.25, 0.3) is 22.3 Å². The van der Waals surface area contributed by atoms with Gasteiger partial charge in [-0.15, -0.1) is 11.3 Å². The number of benzene rings is 1. The summed E-state index contributed by atoms with van der Waals surface area (Å²) >= 11 is 1.40. The van der Waals surface area contributed by atoms with Crippen LogP contribution in [0.1, 0.15) is 17.0 Å². The van der Waals surface area contributed by atoms with Crippen molar-refractivity contribution in [3.63, 3.8) is 0 Å². The molecule has 3 aromatic heterocycles. The molecule has 0 radical (unpaired) electrons. The molecule has 0 spiro atoms. The number of aromatic nitrogens is 4. The predicted octanol–water partition coefficient (Wildman–Crippen LogP) is 3.04. The van der Waals surface area contributed by atoms with Gasteiger partial charge in [0, 0.05) is 18.1 Å². The third kappa shape index (κ3) is 4.17. The average Bonchev–Trinajstić information content (AvgIpc) is 3.21. The SMILES string of the molecule is Cc1ccc(OCc2nc3c(-c4csc(NCCO)n4)nccc3c(=O)[nH]2)cc1C. The third-order valence-electron chi connectivity index (χ3n) is 4.66. The van der Waals surface area contributed by atoms with Crippen molar-refractivity contribution < 1.29 is 9.84 Å². The zero-order valence-corrected chi connectivity index (χ0v) is 17.4. The number of fused-ring (bicyclic) bond motifs is 1. The van der Waals surface area contributed by atoms with Gasteiger partial charge >= 0.3 is 0 Å². The summed E-state index contributed by atoms with van der Waals surface area (Å²) in [4.78, 5) is 28.9. The highest BCUT2D eigenvalue weighted by molar-refractivity contribution is 7.14. The summed E-state index contributed by atoms with van der Waals surface area (Å²) < 4.78 is 5.83. The van der Waals surface area contributed by atoms with E-state index in [1.807, 2.05) is 37.4 Å². The van der Waals surface area contributed by atoms with Crippen molar-refractivity contribution in [2.24, 2.45) is 0 Å². The van der Waals surface area contributed by atoms with Gasteiger partial charge in [0.05, 0.1) is 12.0 Å². The molecule has 0 atom stereocenters. The van der Waals surface area contributed by atoms with E-state index in [4.69, 9.17) is 9.84 Å². The molecule has 0 saturated heterocycles.